The third kappa shape index (κ3) is 6.87. The lowest BCUT2D eigenvalue weighted by molar-refractivity contribution is -0.135. The molecule has 0 spiro atoms. The fourth-order valence-corrected chi connectivity index (χ4v) is 5.45. The van der Waals surface area contributed by atoms with E-state index in [1.165, 1.54) is 27.3 Å². The highest BCUT2D eigenvalue weighted by atomic mass is 32.2. The number of carbonyl (C=O) groups excluding carboxylic acids is 3. The van der Waals surface area contributed by atoms with Crippen molar-refractivity contribution in [2.75, 3.05) is 19.7 Å². The number of imidazole rings is 1. The molecule has 2 unspecified atom stereocenters. The van der Waals surface area contributed by atoms with E-state index in [4.69, 9.17) is 9.47 Å². The van der Waals surface area contributed by atoms with Crippen molar-refractivity contribution in [2.45, 2.75) is 57.4 Å². The zero-order valence-corrected chi connectivity index (χ0v) is 24.1. The second kappa shape index (κ2) is 13.2. The third-order valence-corrected chi connectivity index (χ3v) is 7.98. The van der Waals surface area contributed by atoms with Crippen LogP contribution in [0, 0.1) is 5.82 Å². The van der Waals surface area contributed by atoms with Gasteiger partial charge in [-0.15, -0.1) is 0 Å². The Morgan fingerprint density at radius 3 is 2.68 bits per heavy atom. The second-order valence-corrected chi connectivity index (χ2v) is 11.1. The molecule has 0 bridgehead atoms. The minimum absolute atomic E-state index is 0.0875. The van der Waals surface area contributed by atoms with Crippen LogP contribution in [-0.4, -0.2) is 67.2 Å². The number of carbonyl (C=O) groups is 3. The van der Waals surface area contributed by atoms with Crippen molar-refractivity contribution in [2.24, 2.45) is 0 Å². The van der Waals surface area contributed by atoms with Crippen LogP contribution in [0.1, 0.15) is 55.6 Å². The van der Waals surface area contributed by atoms with Crippen molar-refractivity contribution in [3.8, 4) is 5.75 Å². The molecule has 12 heteroatoms. The van der Waals surface area contributed by atoms with E-state index >= 15 is 0 Å². The van der Waals surface area contributed by atoms with E-state index in [2.05, 4.69) is 11.6 Å². The van der Waals surface area contributed by atoms with Crippen LogP contribution < -0.4 is 10.3 Å². The molecule has 0 N–H and O–H groups in total. The number of morpholine rings is 1. The fourth-order valence-electron chi connectivity index (χ4n) is 4.53. The summed E-state index contributed by atoms with van der Waals surface area (Å²) >= 11 is 0.722. The summed E-state index contributed by atoms with van der Waals surface area (Å²) < 4.78 is 27.4. The first-order valence-electron chi connectivity index (χ1n) is 13.4. The van der Waals surface area contributed by atoms with Crippen LogP contribution in [-0.2, 0) is 20.9 Å². The Morgan fingerprint density at radius 2 is 2.02 bits per heavy atom. The predicted octanol–water partition coefficient (Wildman–Crippen LogP) is 3.82. The highest BCUT2D eigenvalue weighted by molar-refractivity contribution is 8.15. The number of unbranched alkanes of at least 4 members (excludes halogenated alkanes) is 1. The number of thioether (sulfide) groups is 1. The van der Waals surface area contributed by atoms with E-state index < -0.39 is 27.7 Å². The highest BCUT2D eigenvalue weighted by Gasteiger charge is 2.29. The Balaban J connectivity index is 1.66. The number of fused-ring (bicyclic) bond motifs is 1. The SMILES string of the molecule is C=C1CN(C(=O)Cn2ccn3c(=O)c(OCCCC)c(C(=O)SC(C=O)C(C)c4ccc(F)cc4)nc23)C[C@H](C)O1. The highest BCUT2D eigenvalue weighted by Crippen LogP contribution is 2.31. The van der Waals surface area contributed by atoms with E-state index in [0.717, 1.165) is 18.2 Å². The topological polar surface area (TPSA) is 112 Å². The van der Waals surface area contributed by atoms with Gasteiger partial charge in [-0.1, -0.05) is 50.7 Å². The Hall–Kier alpha value is -3.93. The van der Waals surface area contributed by atoms with E-state index in [9.17, 15) is 23.6 Å². The molecule has 3 aromatic rings. The van der Waals surface area contributed by atoms with Crippen molar-refractivity contribution in [1.82, 2.24) is 18.9 Å². The summed E-state index contributed by atoms with van der Waals surface area (Å²) in [6.07, 6.45) is 4.93. The largest absolute Gasteiger partial charge is 0.492 e. The van der Waals surface area contributed by atoms with E-state index in [-0.39, 0.29) is 48.9 Å². The van der Waals surface area contributed by atoms with Crippen molar-refractivity contribution in [3.05, 3.63) is 76.4 Å². The number of hydrogen-bond donors (Lipinski definition) is 0. The first-order chi connectivity index (χ1) is 19.6. The van der Waals surface area contributed by atoms with Gasteiger partial charge in [-0.3, -0.25) is 14.4 Å². The number of aromatic nitrogens is 3. The molecular weight excluding hydrogens is 551 g/mol. The van der Waals surface area contributed by atoms with Gasteiger partial charge >= 0.3 is 5.56 Å². The summed E-state index contributed by atoms with van der Waals surface area (Å²) in [5, 5.41) is -1.46. The zero-order chi connectivity index (χ0) is 29.7. The number of halogens is 1. The van der Waals surface area contributed by atoms with Crippen LogP contribution in [0.15, 0.2) is 53.8 Å². The summed E-state index contributed by atoms with van der Waals surface area (Å²) in [4.78, 5) is 58.3. The number of amides is 1. The maximum atomic E-state index is 13.6. The molecule has 10 nitrogen and oxygen atoms in total. The van der Waals surface area contributed by atoms with E-state index in [1.807, 2.05) is 13.8 Å². The number of ether oxygens (including phenoxy) is 2. The van der Waals surface area contributed by atoms with Crippen LogP contribution in [0.3, 0.4) is 0 Å². The molecule has 3 atom stereocenters. The molecule has 1 aromatic carbocycles. The summed E-state index contributed by atoms with van der Waals surface area (Å²) in [6.45, 7) is 10.1. The lowest BCUT2D eigenvalue weighted by atomic mass is 9.98. The Labute approximate surface area is 241 Å². The standard InChI is InChI=1S/C29H33FN4O6S/c1-5-6-13-39-26-25(28(38)41-23(17-35)20(4)21-7-9-22(30)10-8-21)31-29-32(11-12-34(29)27(26)37)16-24(36)33-14-18(2)40-19(3)15-33/h7-12,17,19-20,23H,2,5-6,13-16H2,1,3-4H3/t19-,20?,23?/m0/s1. The number of nitrogens with zero attached hydrogens (tertiary/aromatic N) is 4. The van der Waals surface area contributed by atoms with Gasteiger partial charge in [0.05, 0.1) is 24.9 Å². The quantitative estimate of drug-likeness (QED) is 0.247. The smallest absolute Gasteiger partial charge is 0.302 e. The maximum absolute atomic E-state index is 13.6. The fraction of sp³-hybridized carbons (Fsp3) is 0.414. The average molecular weight is 585 g/mol. The monoisotopic (exact) mass is 584 g/mol. The Bertz CT molecular complexity index is 1500. The number of rotatable bonds is 11. The van der Waals surface area contributed by atoms with Gasteiger partial charge < -0.3 is 23.7 Å². The summed E-state index contributed by atoms with van der Waals surface area (Å²) in [6, 6.07) is 5.70. The zero-order valence-electron chi connectivity index (χ0n) is 23.2. The van der Waals surface area contributed by atoms with Crippen molar-refractivity contribution in [3.63, 3.8) is 0 Å². The first kappa shape index (κ1) is 30.0. The van der Waals surface area contributed by atoms with Crippen molar-refractivity contribution >= 4 is 34.8 Å². The molecule has 1 amide bonds. The van der Waals surface area contributed by atoms with Gasteiger partial charge in [0.15, 0.2) is 5.69 Å². The van der Waals surface area contributed by atoms with Crippen LogP contribution >= 0.6 is 11.8 Å². The minimum Gasteiger partial charge on any atom is -0.492 e. The maximum Gasteiger partial charge on any atom is 0.302 e. The summed E-state index contributed by atoms with van der Waals surface area (Å²) in [7, 11) is 0. The van der Waals surface area contributed by atoms with Gasteiger partial charge in [-0.05, 0) is 31.0 Å². The van der Waals surface area contributed by atoms with Crippen molar-refractivity contribution < 1.29 is 28.2 Å². The number of aldehydes is 1. The molecule has 1 fully saturated rings. The Morgan fingerprint density at radius 1 is 1.29 bits per heavy atom. The van der Waals surface area contributed by atoms with Crippen molar-refractivity contribution in [1.29, 1.82) is 0 Å². The minimum atomic E-state index is -0.832. The van der Waals surface area contributed by atoms with Crippen LogP contribution in [0.2, 0.25) is 0 Å². The van der Waals surface area contributed by atoms with Crippen LogP contribution in [0.25, 0.3) is 5.78 Å². The second-order valence-electron chi connectivity index (χ2n) is 9.98. The Kier molecular flexibility index (Phi) is 9.64. The summed E-state index contributed by atoms with van der Waals surface area (Å²) in [5.41, 5.74) is -0.141. The van der Waals surface area contributed by atoms with Gasteiger partial charge in [-0.25, -0.2) is 13.8 Å². The first-order valence-corrected chi connectivity index (χ1v) is 14.3. The number of benzene rings is 1. The molecule has 1 saturated heterocycles. The van der Waals surface area contributed by atoms with Gasteiger partial charge in [0, 0.05) is 18.3 Å². The number of hydrogen-bond acceptors (Lipinski definition) is 8. The molecule has 3 heterocycles. The molecule has 0 saturated carbocycles. The predicted molar refractivity (Wildman–Crippen MR) is 153 cm³/mol. The van der Waals surface area contributed by atoms with Gasteiger partial charge in [0.25, 0.3) is 0 Å². The van der Waals surface area contributed by atoms with E-state index in [1.54, 1.807) is 30.2 Å². The molecule has 1 aliphatic heterocycles. The van der Waals surface area contributed by atoms with E-state index in [0.29, 0.717) is 30.6 Å². The average Bonchev–Trinajstić information content (AvgIpc) is 3.34. The van der Waals surface area contributed by atoms with Gasteiger partial charge in [0.1, 0.15) is 30.5 Å². The normalized spacial score (nSPS) is 16.7. The third-order valence-electron chi connectivity index (χ3n) is 6.78. The molecule has 4 rings (SSSR count). The molecule has 0 aliphatic carbocycles. The molecule has 0 radical (unpaired) electrons. The molecular formula is C29H33FN4O6S. The summed E-state index contributed by atoms with van der Waals surface area (Å²) in [5.74, 6) is -0.702. The van der Waals surface area contributed by atoms with Gasteiger partial charge in [0.2, 0.25) is 22.5 Å². The molecule has 2 aromatic heterocycles. The van der Waals surface area contributed by atoms with Gasteiger partial charge in [-0.2, -0.15) is 0 Å². The lowest BCUT2D eigenvalue weighted by Crippen LogP contribution is -2.44. The van der Waals surface area contributed by atoms with Crippen LogP contribution in [0.5, 0.6) is 5.75 Å². The molecule has 1 aliphatic rings. The van der Waals surface area contributed by atoms with Crippen LogP contribution in [0.4, 0.5) is 4.39 Å². The molecule has 218 valence electrons. The lowest BCUT2D eigenvalue weighted by Gasteiger charge is -2.33. The molecule has 41 heavy (non-hydrogen) atoms.